The number of hydrogen-bond acceptors (Lipinski definition) is 2. The van der Waals surface area contributed by atoms with E-state index >= 15 is 0 Å². The molecule has 2 N–H and O–H groups in total. The molecule has 1 saturated heterocycles. The molecule has 0 aromatic rings. The molecule has 1 atom stereocenters. The zero-order valence-corrected chi connectivity index (χ0v) is 9.92. The maximum atomic E-state index is 10.6. The highest BCUT2D eigenvalue weighted by Gasteiger charge is 2.26. The zero-order valence-electron chi connectivity index (χ0n) is 9.92. The number of rotatable bonds is 1. The minimum atomic E-state index is -0.907. The van der Waals surface area contributed by atoms with E-state index in [1.807, 2.05) is 0 Å². The van der Waals surface area contributed by atoms with Crippen LogP contribution in [0.4, 0.5) is 4.79 Å². The van der Waals surface area contributed by atoms with Crippen LogP contribution >= 0.6 is 0 Å². The third-order valence-corrected chi connectivity index (χ3v) is 2.95. The fourth-order valence-electron chi connectivity index (χ4n) is 2.04. The summed E-state index contributed by atoms with van der Waals surface area (Å²) in [4.78, 5) is 13.0. The molecule has 1 heterocycles. The molecule has 0 aromatic carbocycles. The second-order valence-corrected chi connectivity index (χ2v) is 5.26. The van der Waals surface area contributed by atoms with Gasteiger partial charge in [0.05, 0.1) is 0 Å². The number of carbonyl (C=O) groups is 1. The van der Waals surface area contributed by atoms with E-state index < -0.39 is 6.09 Å². The number of likely N-dealkylation sites (tertiary alicyclic amines) is 1. The fourth-order valence-corrected chi connectivity index (χ4v) is 2.04. The Balaban J connectivity index is 2.57. The maximum Gasteiger partial charge on any atom is 0.404 e. The average molecular weight is 214 g/mol. The molecule has 0 aliphatic carbocycles. The van der Waals surface area contributed by atoms with E-state index in [-0.39, 0.29) is 11.6 Å². The highest BCUT2D eigenvalue weighted by molar-refractivity contribution is 5.64. The van der Waals surface area contributed by atoms with Crippen LogP contribution in [0.2, 0.25) is 0 Å². The number of hydrogen-bond donors (Lipinski definition) is 2. The van der Waals surface area contributed by atoms with E-state index in [1.54, 1.807) is 0 Å². The summed E-state index contributed by atoms with van der Waals surface area (Å²) in [6.07, 6.45) is 2.32. The summed E-state index contributed by atoms with van der Waals surface area (Å²) in [5.74, 6) is 0. The van der Waals surface area contributed by atoms with Gasteiger partial charge in [0.15, 0.2) is 0 Å². The lowest BCUT2D eigenvalue weighted by Crippen LogP contribution is -2.49. The molecule has 1 fully saturated rings. The Bertz CT molecular complexity index is 223. The van der Waals surface area contributed by atoms with Gasteiger partial charge in [-0.25, -0.2) is 4.79 Å². The Labute approximate surface area is 91.6 Å². The van der Waals surface area contributed by atoms with Crippen molar-refractivity contribution in [2.45, 2.75) is 51.6 Å². The van der Waals surface area contributed by atoms with Crippen LogP contribution < -0.4 is 5.32 Å². The van der Waals surface area contributed by atoms with Crippen molar-refractivity contribution in [1.82, 2.24) is 10.2 Å². The van der Waals surface area contributed by atoms with E-state index in [1.165, 1.54) is 0 Å². The lowest BCUT2D eigenvalue weighted by atomic mass is 10.1. The molecule has 1 rings (SSSR count). The van der Waals surface area contributed by atoms with Crippen LogP contribution in [-0.4, -0.2) is 40.8 Å². The van der Waals surface area contributed by atoms with Crippen molar-refractivity contribution in [1.29, 1.82) is 0 Å². The van der Waals surface area contributed by atoms with E-state index in [4.69, 9.17) is 5.11 Å². The van der Waals surface area contributed by atoms with E-state index in [0.717, 1.165) is 32.4 Å². The van der Waals surface area contributed by atoms with Crippen LogP contribution in [0.15, 0.2) is 0 Å². The predicted octanol–water partition coefficient (Wildman–Crippen LogP) is 1.91. The van der Waals surface area contributed by atoms with Gasteiger partial charge in [-0.2, -0.15) is 0 Å². The fraction of sp³-hybridized carbons (Fsp3) is 0.909. The number of nitrogens with one attached hydrogen (secondary N) is 1. The van der Waals surface area contributed by atoms with Crippen molar-refractivity contribution in [2.24, 2.45) is 0 Å². The smallest absolute Gasteiger partial charge is 0.404 e. The van der Waals surface area contributed by atoms with Gasteiger partial charge in [-0.1, -0.05) is 6.42 Å². The third-order valence-electron chi connectivity index (χ3n) is 2.95. The molecule has 1 unspecified atom stereocenters. The molecule has 1 amide bonds. The van der Waals surface area contributed by atoms with Gasteiger partial charge in [0.1, 0.15) is 0 Å². The normalized spacial score (nSPS) is 24.6. The molecule has 0 spiro atoms. The van der Waals surface area contributed by atoms with Gasteiger partial charge in [-0.3, -0.25) is 4.90 Å². The first-order chi connectivity index (χ1) is 6.89. The molecule has 4 heteroatoms. The summed E-state index contributed by atoms with van der Waals surface area (Å²) in [5, 5.41) is 11.3. The van der Waals surface area contributed by atoms with Crippen molar-refractivity contribution >= 4 is 6.09 Å². The maximum absolute atomic E-state index is 10.6. The first-order valence-corrected chi connectivity index (χ1v) is 5.64. The van der Waals surface area contributed by atoms with Gasteiger partial charge in [-0.15, -0.1) is 0 Å². The van der Waals surface area contributed by atoms with Crippen LogP contribution in [0.1, 0.15) is 40.0 Å². The van der Waals surface area contributed by atoms with Crippen LogP contribution in [-0.2, 0) is 0 Å². The summed E-state index contributed by atoms with van der Waals surface area (Å²) in [6, 6.07) is 0.0872. The van der Waals surface area contributed by atoms with Crippen LogP contribution in [0.5, 0.6) is 0 Å². The molecule has 0 bridgehead atoms. The van der Waals surface area contributed by atoms with Crippen molar-refractivity contribution in [3.05, 3.63) is 0 Å². The van der Waals surface area contributed by atoms with Gasteiger partial charge >= 0.3 is 6.09 Å². The highest BCUT2D eigenvalue weighted by Crippen LogP contribution is 2.19. The second kappa shape index (κ2) is 4.84. The first kappa shape index (κ1) is 12.3. The van der Waals surface area contributed by atoms with Crippen molar-refractivity contribution in [2.75, 3.05) is 13.1 Å². The zero-order chi connectivity index (χ0) is 11.5. The standard InChI is InChI=1S/C11H22N2O2/c1-11(2,3)13-7-5-4-6-9(8-13)12-10(14)15/h9,12H,4-8H2,1-3H3,(H,14,15). The molecular formula is C11H22N2O2. The Hall–Kier alpha value is -0.770. The molecule has 0 saturated carbocycles. The Morgan fingerprint density at radius 2 is 2.07 bits per heavy atom. The van der Waals surface area contributed by atoms with E-state index in [0.29, 0.717) is 0 Å². The quantitative estimate of drug-likeness (QED) is 0.701. The topological polar surface area (TPSA) is 52.6 Å². The largest absolute Gasteiger partial charge is 0.465 e. The third kappa shape index (κ3) is 4.08. The monoisotopic (exact) mass is 214 g/mol. The van der Waals surface area contributed by atoms with Gasteiger partial charge in [0, 0.05) is 18.1 Å². The van der Waals surface area contributed by atoms with Crippen LogP contribution in [0.3, 0.4) is 0 Å². The Kier molecular flexibility index (Phi) is 3.97. The van der Waals surface area contributed by atoms with Crippen LogP contribution in [0.25, 0.3) is 0 Å². The van der Waals surface area contributed by atoms with Crippen molar-refractivity contribution in [3.63, 3.8) is 0 Å². The van der Waals surface area contributed by atoms with Crippen LogP contribution in [0, 0.1) is 0 Å². The molecule has 0 aromatic heterocycles. The molecular weight excluding hydrogens is 192 g/mol. The lowest BCUT2D eigenvalue weighted by molar-refractivity contribution is 0.127. The highest BCUT2D eigenvalue weighted by atomic mass is 16.4. The molecule has 15 heavy (non-hydrogen) atoms. The molecule has 4 nitrogen and oxygen atoms in total. The average Bonchev–Trinajstić information content (AvgIpc) is 2.27. The van der Waals surface area contributed by atoms with Gasteiger partial charge in [0.25, 0.3) is 0 Å². The predicted molar refractivity (Wildman–Crippen MR) is 60.1 cm³/mol. The van der Waals surface area contributed by atoms with E-state index in [2.05, 4.69) is 31.0 Å². The molecule has 1 aliphatic heterocycles. The Morgan fingerprint density at radius 3 is 2.60 bits per heavy atom. The summed E-state index contributed by atoms with van der Waals surface area (Å²) in [7, 11) is 0. The van der Waals surface area contributed by atoms with Gasteiger partial charge in [0.2, 0.25) is 0 Å². The minimum absolute atomic E-state index is 0.0872. The molecule has 0 radical (unpaired) electrons. The first-order valence-electron chi connectivity index (χ1n) is 5.64. The Morgan fingerprint density at radius 1 is 1.40 bits per heavy atom. The molecule has 1 aliphatic rings. The number of nitrogens with zero attached hydrogens (tertiary/aromatic N) is 1. The summed E-state index contributed by atoms with van der Waals surface area (Å²) < 4.78 is 0. The number of carboxylic acid groups (broad SMARTS) is 1. The second-order valence-electron chi connectivity index (χ2n) is 5.26. The van der Waals surface area contributed by atoms with Crippen molar-refractivity contribution < 1.29 is 9.90 Å². The SMILES string of the molecule is CC(C)(C)N1CCCCC(NC(=O)O)C1. The van der Waals surface area contributed by atoms with E-state index in [9.17, 15) is 4.79 Å². The summed E-state index contributed by atoms with van der Waals surface area (Å²) in [5.41, 5.74) is 0.128. The van der Waals surface area contributed by atoms with Gasteiger partial charge < -0.3 is 10.4 Å². The lowest BCUT2D eigenvalue weighted by Gasteiger charge is -2.36. The number of amides is 1. The molecule has 88 valence electrons. The summed E-state index contributed by atoms with van der Waals surface area (Å²) in [6.45, 7) is 8.43. The minimum Gasteiger partial charge on any atom is -0.465 e. The van der Waals surface area contributed by atoms with Gasteiger partial charge in [-0.05, 0) is 40.2 Å². The van der Waals surface area contributed by atoms with Crippen molar-refractivity contribution in [3.8, 4) is 0 Å². The summed E-state index contributed by atoms with van der Waals surface area (Å²) >= 11 is 0.